The molecule has 3 atom stereocenters. The Morgan fingerprint density at radius 3 is 2.29 bits per heavy atom. The average molecular weight is 232 g/mol. The van der Waals surface area contributed by atoms with Crippen molar-refractivity contribution >= 4 is 11.9 Å². The van der Waals surface area contributed by atoms with Crippen molar-refractivity contribution in [1.82, 2.24) is 0 Å². The lowest BCUT2D eigenvalue weighted by Crippen LogP contribution is -2.22. The van der Waals surface area contributed by atoms with Crippen LogP contribution < -0.4 is 0 Å². The van der Waals surface area contributed by atoms with Crippen LogP contribution >= 0.6 is 0 Å². The summed E-state index contributed by atoms with van der Waals surface area (Å²) in [6.45, 7) is 3.80. The van der Waals surface area contributed by atoms with Gasteiger partial charge in [-0.2, -0.15) is 0 Å². The first kappa shape index (κ1) is 11.8. The highest BCUT2D eigenvalue weighted by atomic mass is 16.6. The van der Waals surface area contributed by atoms with Gasteiger partial charge in [-0.05, 0) is 17.9 Å². The summed E-state index contributed by atoms with van der Waals surface area (Å²) in [6, 6.07) is 9.83. The van der Waals surface area contributed by atoms with Crippen LogP contribution in [0.1, 0.15) is 31.7 Å². The second-order valence-electron chi connectivity index (χ2n) is 4.48. The van der Waals surface area contributed by atoms with Crippen LogP contribution in [-0.4, -0.2) is 11.9 Å². The smallest absolute Gasteiger partial charge is 0.318 e. The summed E-state index contributed by atoms with van der Waals surface area (Å²) in [4.78, 5) is 23.1. The monoisotopic (exact) mass is 232 g/mol. The number of ether oxygens (including phenoxy) is 1. The maximum Gasteiger partial charge on any atom is 0.318 e. The van der Waals surface area contributed by atoms with Gasteiger partial charge in [0, 0.05) is 0 Å². The summed E-state index contributed by atoms with van der Waals surface area (Å²) in [5.74, 6) is -1.39. The molecule has 90 valence electrons. The molecule has 1 saturated heterocycles. The van der Waals surface area contributed by atoms with Gasteiger partial charge in [-0.25, -0.2) is 0 Å². The number of hydrogen-bond acceptors (Lipinski definition) is 3. The van der Waals surface area contributed by atoms with E-state index in [2.05, 4.69) is 0 Å². The van der Waals surface area contributed by atoms with E-state index in [1.807, 2.05) is 37.3 Å². The Hall–Kier alpha value is -1.64. The van der Waals surface area contributed by atoms with Gasteiger partial charge in [-0.1, -0.05) is 44.2 Å². The second-order valence-corrected chi connectivity index (χ2v) is 4.48. The van der Waals surface area contributed by atoms with Crippen molar-refractivity contribution in [2.24, 2.45) is 11.8 Å². The second kappa shape index (κ2) is 4.70. The molecule has 3 heteroatoms. The first-order valence-corrected chi connectivity index (χ1v) is 5.95. The number of rotatable bonds is 3. The molecule has 17 heavy (non-hydrogen) atoms. The summed E-state index contributed by atoms with van der Waals surface area (Å²) in [6.07, 6.45) is 0.821. The Morgan fingerprint density at radius 1 is 1.18 bits per heavy atom. The summed E-state index contributed by atoms with van der Waals surface area (Å²) < 4.78 is 4.71. The minimum atomic E-state index is -0.394. The lowest BCUT2D eigenvalue weighted by molar-refractivity contribution is -0.153. The first-order chi connectivity index (χ1) is 8.15. The Kier molecular flexibility index (Phi) is 3.27. The highest BCUT2D eigenvalue weighted by Crippen LogP contribution is 2.38. The molecule has 1 aliphatic rings. The number of carbonyl (C=O) groups is 2. The molecule has 0 aliphatic carbocycles. The summed E-state index contributed by atoms with van der Waals surface area (Å²) in [5.41, 5.74) is 1.10. The first-order valence-electron chi connectivity index (χ1n) is 5.95. The number of cyclic esters (lactones) is 2. The van der Waals surface area contributed by atoms with Crippen LogP contribution in [0.5, 0.6) is 0 Å². The van der Waals surface area contributed by atoms with Gasteiger partial charge in [0.25, 0.3) is 0 Å². The quantitative estimate of drug-likeness (QED) is 0.594. The third-order valence-corrected chi connectivity index (χ3v) is 3.48. The van der Waals surface area contributed by atoms with Gasteiger partial charge in [-0.3, -0.25) is 9.59 Å². The molecule has 0 spiro atoms. The van der Waals surface area contributed by atoms with Crippen LogP contribution in [0.2, 0.25) is 0 Å². The van der Waals surface area contributed by atoms with Gasteiger partial charge in [0.05, 0.1) is 11.8 Å². The van der Waals surface area contributed by atoms with Crippen molar-refractivity contribution in [3.05, 3.63) is 35.9 Å². The Balaban J connectivity index is 2.31. The molecular formula is C14H16O3. The molecule has 1 aromatic carbocycles. The van der Waals surface area contributed by atoms with E-state index in [-0.39, 0.29) is 23.7 Å². The van der Waals surface area contributed by atoms with Crippen molar-refractivity contribution in [3.63, 3.8) is 0 Å². The Bertz CT molecular complexity index is 424. The molecular weight excluding hydrogens is 216 g/mol. The fraction of sp³-hybridized carbons (Fsp3) is 0.429. The highest BCUT2D eigenvalue weighted by Gasteiger charge is 2.45. The van der Waals surface area contributed by atoms with E-state index in [4.69, 9.17) is 4.74 Å². The van der Waals surface area contributed by atoms with Crippen molar-refractivity contribution in [2.75, 3.05) is 0 Å². The maximum atomic E-state index is 11.7. The van der Waals surface area contributed by atoms with Crippen LogP contribution in [0.25, 0.3) is 0 Å². The zero-order chi connectivity index (χ0) is 12.4. The largest absolute Gasteiger partial charge is 0.393 e. The molecule has 1 aliphatic heterocycles. The molecule has 0 N–H and O–H groups in total. The van der Waals surface area contributed by atoms with Crippen LogP contribution in [0.3, 0.4) is 0 Å². The fourth-order valence-electron chi connectivity index (χ4n) is 2.52. The van der Waals surface area contributed by atoms with Gasteiger partial charge in [0.15, 0.2) is 0 Å². The molecule has 0 radical (unpaired) electrons. The highest BCUT2D eigenvalue weighted by molar-refractivity contribution is 5.96. The van der Waals surface area contributed by atoms with Crippen molar-refractivity contribution in [1.29, 1.82) is 0 Å². The number of hydrogen-bond donors (Lipinski definition) is 0. The van der Waals surface area contributed by atoms with Gasteiger partial charge in [0.2, 0.25) is 0 Å². The summed E-state index contributed by atoms with van der Waals surface area (Å²) >= 11 is 0. The van der Waals surface area contributed by atoms with Gasteiger partial charge < -0.3 is 4.74 Å². The van der Waals surface area contributed by atoms with E-state index in [0.717, 1.165) is 12.0 Å². The van der Waals surface area contributed by atoms with E-state index in [9.17, 15) is 9.59 Å². The molecule has 1 heterocycles. The molecule has 1 aromatic rings. The average Bonchev–Trinajstić information content (AvgIpc) is 2.58. The fourth-order valence-corrected chi connectivity index (χ4v) is 2.52. The zero-order valence-corrected chi connectivity index (χ0v) is 10.1. The van der Waals surface area contributed by atoms with E-state index >= 15 is 0 Å². The maximum absolute atomic E-state index is 11.7. The minimum absolute atomic E-state index is 0.0603. The number of benzene rings is 1. The Morgan fingerprint density at radius 2 is 1.82 bits per heavy atom. The van der Waals surface area contributed by atoms with Gasteiger partial charge in [-0.15, -0.1) is 0 Å². The lowest BCUT2D eigenvalue weighted by Gasteiger charge is -2.21. The molecule has 1 fully saturated rings. The normalized spacial score (nSPS) is 25.8. The molecule has 0 amide bonds. The SMILES string of the molecule is CCC(c1ccccc1)C1C(=O)OC(=O)C1C. The van der Waals surface area contributed by atoms with Crippen molar-refractivity contribution in [3.8, 4) is 0 Å². The number of carbonyl (C=O) groups excluding carboxylic acids is 2. The summed E-state index contributed by atoms with van der Waals surface area (Å²) in [5, 5.41) is 0. The topological polar surface area (TPSA) is 43.4 Å². The van der Waals surface area contributed by atoms with Crippen LogP contribution in [0, 0.1) is 11.8 Å². The van der Waals surface area contributed by atoms with E-state index < -0.39 is 5.97 Å². The molecule has 0 aromatic heterocycles. The van der Waals surface area contributed by atoms with E-state index in [1.165, 1.54) is 0 Å². The predicted molar refractivity (Wildman–Crippen MR) is 63.2 cm³/mol. The number of esters is 2. The van der Waals surface area contributed by atoms with Crippen LogP contribution in [0.15, 0.2) is 30.3 Å². The third-order valence-electron chi connectivity index (χ3n) is 3.48. The minimum Gasteiger partial charge on any atom is -0.393 e. The zero-order valence-electron chi connectivity index (χ0n) is 10.1. The third kappa shape index (κ3) is 2.09. The summed E-state index contributed by atoms with van der Waals surface area (Å²) in [7, 11) is 0. The van der Waals surface area contributed by atoms with Gasteiger partial charge in [0.1, 0.15) is 0 Å². The van der Waals surface area contributed by atoms with Crippen molar-refractivity contribution in [2.45, 2.75) is 26.2 Å². The Labute approximate surface area is 101 Å². The molecule has 0 bridgehead atoms. The lowest BCUT2D eigenvalue weighted by atomic mass is 9.78. The van der Waals surface area contributed by atoms with Gasteiger partial charge >= 0.3 is 11.9 Å². The molecule has 2 rings (SSSR count). The standard InChI is InChI=1S/C14H16O3/c1-3-11(10-7-5-4-6-8-10)12-9(2)13(15)17-14(12)16/h4-9,11-12H,3H2,1-2H3. The molecule has 3 nitrogen and oxygen atoms in total. The predicted octanol–water partition coefficient (Wildman–Crippen LogP) is 2.52. The van der Waals surface area contributed by atoms with E-state index in [1.54, 1.807) is 6.92 Å². The van der Waals surface area contributed by atoms with E-state index in [0.29, 0.717) is 0 Å². The van der Waals surface area contributed by atoms with Crippen LogP contribution in [-0.2, 0) is 14.3 Å². The molecule has 3 unspecified atom stereocenters. The van der Waals surface area contributed by atoms with Crippen molar-refractivity contribution < 1.29 is 14.3 Å². The molecule has 0 saturated carbocycles. The van der Waals surface area contributed by atoms with Crippen LogP contribution in [0.4, 0.5) is 0 Å².